The van der Waals surface area contributed by atoms with E-state index in [2.05, 4.69) is 5.32 Å². The topological polar surface area (TPSA) is 102 Å². The molecule has 2 aromatic rings. The fourth-order valence-electron chi connectivity index (χ4n) is 2.11. The molecular weight excluding hydrogens is 372 g/mol. The third-order valence-corrected chi connectivity index (χ3v) is 5.35. The van der Waals surface area contributed by atoms with Gasteiger partial charge in [0.2, 0.25) is 10.0 Å². The molecule has 0 spiro atoms. The number of nitrogens with one attached hydrogen (secondary N) is 1. The first-order chi connectivity index (χ1) is 12.7. The Morgan fingerprint density at radius 2 is 1.78 bits per heavy atom. The number of anilines is 1. The Kier molecular flexibility index (Phi) is 6.54. The predicted molar refractivity (Wildman–Crippen MR) is 99.2 cm³/mol. The number of methoxy groups -OCH3 is 1. The highest BCUT2D eigenvalue weighted by Gasteiger charge is 2.19. The van der Waals surface area contributed by atoms with Crippen molar-refractivity contribution in [2.24, 2.45) is 0 Å². The summed E-state index contributed by atoms with van der Waals surface area (Å²) in [5.41, 5.74) is 0.529. The lowest BCUT2D eigenvalue weighted by atomic mass is 10.2. The normalized spacial score (nSPS) is 11.1. The lowest BCUT2D eigenvalue weighted by Crippen LogP contribution is -2.23. The summed E-state index contributed by atoms with van der Waals surface area (Å²) in [7, 11) is 0.614. The number of amides is 1. The first kappa shape index (κ1) is 20.4. The van der Waals surface area contributed by atoms with E-state index < -0.39 is 28.5 Å². The minimum atomic E-state index is -3.68. The summed E-state index contributed by atoms with van der Waals surface area (Å²) in [6, 6.07) is 12.1. The fourth-order valence-corrected chi connectivity index (χ4v) is 3.05. The van der Waals surface area contributed by atoms with Gasteiger partial charge in [-0.15, -0.1) is 0 Å². The van der Waals surface area contributed by atoms with Crippen molar-refractivity contribution in [3.05, 3.63) is 54.1 Å². The smallest absolute Gasteiger partial charge is 0.338 e. The van der Waals surface area contributed by atoms with Gasteiger partial charge in [0.1, 0.15) is 5.75 Å². The van der Waals surface area contributed by atoms with Crippen molar-refractivity contribution in [2.45, 2.75) is 4.90 Å². The van der Waals surface area contributed by atoms with Gasteiger partial charge in [-0.25, -0.2) is 17.5 Å². The molecule has 0 unspecified atom stereocenters. The van der Waals surface area contributed by atoms with Crippen molar-refractivity contribution in [2.75, 3.05) is 33.1 Å². The van der Waals surface area contributed by atoms with Crippen molar-refractivity contribution in [3.63, 3.8) is 0 Å². The zero-order valence-electron chi connectivity index (χ0n) is 15.1. The summed E-state index contributed by atoms with van der Waals surface area (Å²) in [5, 5.41) is 2.58. The van der Waals surface area contributed by atoms with Gasteiger partial charge in [-0.05, 0) is 30.3 Å². The monoisotopic (exact) mass is 392 g/mol. The first-order valence-corrected chi connectivity index (χ1v) is 9.31. The minimum Gasteiger partial charge on any atom is -0.497 e. The molecule has 8 nitrogen and oxygen atoms in total. The molecule has 0 aromatic heterocycles. The number of carbonyl (C=O) groups is 2. The SMILES string of the molecule is COc1cccc(NC(=O)COC(=O)c2cccc(S(=O)(=O)N(C)C)c2)c1. The van der Waals surface area contributed by atoms with Gasteiger partial charge in [-0.2, -0.15) is 0 Å². The molecule has 2 rings (SSSR count). The van der Waals surface area contributed by atoms with Crippen LogP contribution in [0.5, 0.6) is 5.75 Å². The van der Waals surface area contributed by atoms with Gasteiger partial charge in [-0.1, -0.05) is 12.1 Å². The van der Waals surface area contributed by atoms with Gasteiger partial charge in [0.15, 0.2) is 6.61 Å². The molecule has 0 heterocycles. The highest BCUT2D eigenvalue weighted by atomic mass is 32.2. The molecule has 1 N–H and O–H groups in total. The molecule has 0 fully saturated rings. The second kappa shape index (κ2) is 8.65. The summed E-state index contributed by atoms with van der Waals surface area (Å²) in [4.78, 5) is 24.0. The van der Waals surface area contributed by atoms with Gasteiger partial charge in [0.25, 0.3) is 5.91 Å². The Hall–Kier alpha value is -2.91. The molecule has 0 saturated carbocycles. The van der Waals surface area contributed by atoms with E-state index in [-0.39, 0.29) is 10.5 Å². The van der Waals surface area contributed by atoms with Crippen LogP contribution < -0.4 is 10.1 Å². The Balaban J connectivity index is 2.00. The van der Waals surface area contributed by atoms with Gasteiger partial charge in [-0.3, -0.25) is 4.79 Å². The number of carbonyl (C=O) groups excluding carboxylic acids is 2. The molecule has 1 amide bonds. The molecule has 0 aliphatic rings. The Bertz CT molecular complexity index is 940. The maximum absolute atomic E-state index is 12.1. The van der Waals surface area contributed by atoms with Crippen molar-refractivity contribution in [1.82, 2.24) is 4.31 Å². The number of benzene rings is 2. The van der Waals surface area contributed by atoms with Crippen LogP contribution in [0, 0.1) is 0 Å². The lowest BCUT2D eigenvalue weighted by Gasteiger charge is -2.12. The highest BCUT2D eigenvalue weighted by molar-refractivity contribution is 7.89. The van der Waals surface area contributed by atoms with Gasteiger partial charge >= 0.3 is 5.97 Å². The Morgan fingerprint density at radius 1 is 1.07 bits per heavy atom. The van der Waals surface area contributed by atoms with E-state index in [9.17, 15) is 18.0 Å². The van der Waals surface area contributed by atoms with E-state index in [0.717, 1.165) is 4.31 Å². The number of nitrogens with zero attached hydrogens (tertiary/aromatic N) is 1. The third-order valence-electron chi connectivity index (χ3n) is 3.54. The largest absolute Gasteiger partial charge is 0.497 e. The van der Waals surface area contributed by atoms with E-state index in [0.29, 0.717) is 11.4 Å². The number of hydrogen-bond donors (Lipinski definition) is 1. The molecule has 0 aliphatic heterocycles. The van der Waals surface area contributed by atoms with E-state index in [4.69, 9.17) is 9.47 Å². The van der Waals surface area contributed by atoms with Crippen molar-refractivity contribution >= 4 is 27.6 Å². The van der Waals surface area contributed by atoms with Crippen LogP contribution in [0.4, 0.5) is 5.69 Å². The Labute approximate surface area is 157 Å². The van der Waals surface area contributed by atoms with Crippen molar-refractivity contribution in [3.8, 4) is 5.75 Å². The maximum atomic E-state index is 12.1. The standard InChI is InChI=1S/C18H20N2O6S/c1-20(2)27(23,24)16-9-4-6-13(10-16)18(22)26-12-17(21)19-14-7-5-8-15(11-14)25-3/h4-11H,12H2,1-3H3,(H,19,21). The maximum Gasteiger partial charge on any atom is 0.338 e. The molecule has 2 aromatic carbocycles. The molecule has 0 saturated heterocycles. The summed E-state index contributed by atoms with van der Waals surface area (Å²) in [6.45, 7) is -0.513. The lowest BCUT2D eigenvalue weighted by molar-refractivity contribution is -0.119. The van der Waals surface area contributed by atoms with Crippen LogP contribution in [0.15, 0.2) is 53.4 Å². The number of hydrogen-bond acceptors (Lipinski definition) is 6. The van der Waals surface area contributed by atoms with E-state index in [1.165, 1.54) is 45.5 Å². The zero-order chi connectivity index (χ0) is 20.0. The highest BCUT2D eigenvalue weighted by Crippen LogP contribution is 2.17. The summed E-state index contributed by atoms with van der Waals surface area (Å²) < 4.78 is 35.3. The number of ether oxygens (including phenoxy) is 2. The summed E-state index contributed by atoms with van der Waals surface area (Å²) >= 11 is 0. The number of rotatable bonds is 7. The van der Waals surface area contributed by atoms with Crippen LogP contribution >= 0.6 is 0 Å². The van der Waals surface area contributed by atoms with Crippen LogP contribution in [-0.2, 0) is 19.6 Å². The number of esters is 1. The van der Waals surface area contributed by atoms with Gasteiger partial charge in [0, 0.05) is 25.8 Å². The van der Waals surface area contributed by atoms with E-state index >= 15 is 0 Å². The average Bonchev–Trinajstić information content (AvgIpc) is 2.66. The molecule has 0 radical (unpaired) electrons. The van der Waals surface area contributed by atoms with Crippen LogP contribution in [0.3, 0.4) is 0 Å². The van der Waals surface area contributed by atoms with Gasteiger partial charge in [0.05, 0.1) is 17.6 Å². The van der Waals surface area contributed by atoms with Crippen LogP contribution in [-0.4, -0.2) is 52.4 Å². The third kappa shape index (κ3) is 5.28. The molecule has 144 valence electrons. The fraction of sp³-hybridized carbons (Fsp3) is 0.222. The van der Waals surface area contributed by atoms with E-state index in [1.54, 1.807) is 24.3 Å². The molecule has 0 atom stereocenters. The molecule has 0 bridgehead atoms. The first-order valence-electron chi connectivity index (χ1n) is 7.87. The second-order valence-corrected chi connectivity index (χ2v) is 7.82. The minimum absolute atomic E-state index is 0.0344. The summed E-state index contributed by atoms with van der Waals surface area (Å²) in [5.74, 6) is -0.760. The van der Waals surface area contributed by atoms with Crippen LogP contribution in [0.1, 0.15) is 10.4 Å². The molecule has 9 heteroatoms. The molecular formula is C18H20N2O6S. The quantitative estimate of drug-likeness (QED) is 0.720. The zero-order valence-corrected chi connectivity index (χ0v) is 15.9. The summed E-state index contributed by atoms with van der Waals surface area (Å²) in [6.07, 6.45) is 0. The van der Waals surface area contributed by atoms with Crippen molar-refractivity contribution < 1.29 is 27.5 Å². The molecule has 0 aliphatic carbocycles. The van der Waals surface area contributed by atoms with E-state index in [1.807, 2.05) is 0 Å². The average molecular weight is 392 g/mol. The Morgan fingerprint density at radius 3 is 2.44 bits per heavy atom. The van der Waals surface area contributed by atoms with Crippen LogP contribution in [0.2, 0.25) is 0 Å². The second-order valence-electron chi connectivity index (χ2n) is 5.67. The van der Waals surface area contributed by atoms with Gasteiger partial charge < -0.3 is 14.8 Å². The number of sulfonamides is 1. The van der Waals surface area contributed by atoms with Crippen molar-refractivity contribution in [1.29, 1.82) is 0 Å². The predicted octanol–water partition coefficient (Wildman–Crippen LogP) is 1.74. The van der Waals surface area contributed by atoms with Crippen LogP contribution in [0.25, 0.3) is 0 Å². The molecule has 27 heavy (non-hydrogen) atoms.